The van der Waals surface area contributed by atoms with Gasteiger partial charge in [-0.2, -0.15) is 0 Å². The van der Waals surface area contributed by atoms with Crippen molar-refractivity contribution in [3.8, 4) is 0 Å². The van der Waals surface area contributed by atoms with Gasteiger partial charge in [-0.05, 0) is 38.8 Å². The van der Waals surface area contributed by atoms with E-state index in [9.17, 15) is 0 Å². The predicted molar refractivity (Wildman–Crippen MR) is 81.4 cm³/mol. The molecular weight excluding hydrogens is 236 g/mol. The Bertz CT molecular complexity index is 390. The Morgan fingerprint density at radius 2 is 1.95 bits per heavy atom. The second kappa shape index (κ2) is 7.63. The van der Waals surface area contributed by atoms with E-state index in [4.69, 9.17) is 10.5 Å². The van der Waals surface area contributed by atoms with E-state index in [0.29, 0.717) is 6.04 Å². The van der Waals surface area contributed by atoms with Gasteiger partial charge in [0.1, 0.15) is 0 Å². The first-order chi connectivity index (χ1) is 8.95. The number of methoxy groups -OCH3 is 1. The molecule has 3 nitrogen and oxygen atoms in total. The minimum Gasteiger partial charge on any atom is -0.383 e. The van der Waals surface area contributed by atoms with Crippen molar-refractivity contribution in [2.24, 2.45) is 5.73 Å². The van der Waals surface area contributed by atoms with Gasteiger partial charge in [-0.3, -0.25) is 4.90 Å². The summed E-state index contributed by atoms with van der Waals surface area (Å²) in [5.74, 6) is 0. The van der Waals surface area contributed by atoms with Crippen molar-refractivity contribution in [2.45, 2.75) is 39.8 Å². The van der Waals surface area contributed by atoms with E-state index in [1.165, 1.54) is 16.7 Å². The number of benzene rings is 1. The SMILES string of the molecule is COCCN(CC(N)c1cc(C)ccc1C)C(C)C. The van der Waals surface area contributed by atoms with Crippen molar-refractivity contribution in [2.75, 3.05) is 26.8 Å². The molecule has 108 valence electrons. The Kier molecular flexibility index (Phi) is 6.49. The van der Waals surface area contributed by atoms with Crippen molar-refractivity contribution in [3.05, 3.63) is 34.9 Å². The van der Waals surface area contributed by atoms with E-state index < -0.39 is 0 Å². The zero-order valence-corrected chi connectivity index (χ0v) is 12.9. The molecule has 0 bridgehead atoms. The molecule has 0 aliphatic rings. The van der Waals surface area contributed by atoms with Crippen molar-refractivity contribution in [3.63, 3.8) is 0 Å². The van der Waals surface area contributed by atoms with E-state index in [2.05, 4.69) is 50.8 Å². The van der Waals surface area contributed by atoms with E-state index in [-0.39, 0.29) is 6.04 Å². The molecular formula is C16H28N2O. The molecule has 0 amide bonds. The number of rotatable bonds is 7. The molecule has 1 aromatic rings. The molecule has 0 saturated carbocycles. The lowest BCUT2D eigenvalue weighted by atomic mass is 9.99. The summed E-state index contributed by atoms with van der Waals surface area (Å²) in [4.78, 5) is 2.37. The van der Waals surface area contributed by atoms with Crippen LogP contribution in [0.15, 0.2) is 18.2 Å². The van der Waals surface area contributed by atoms with E-state index in [1.54, 1.807) is 7.11 Å². The van der Waals surface area contributed by atoms with Gasteiger partial charge in [0.15, 0.2) is 0 Å². The smallest absolute Gasteiger partial charge is 0.0589 e. The maximum absolute atomic E-state index is 6.39. The molecule has 0 aliphatic heterocycles. The Hall–Kier alpha value is -0.900. The molecule has 0 saturated heterocycles. The monoisotopic (exact) mass is 264 g/mol. The number of nitrogens with zero attached hydrogens (tertiary/aromatic N) is 1. The first-order valence-electron chi connectivity index (χ1n) is 7.01. The van der Waals surface area contributed by atoms with Crippen LogP contribution in [0.5, 0.6) is 0 Å². The molecule has 1 rings (SSSR count). The van der Waals surface area contributed by atoms with Crippen LogP contribution in [0.2, 0.25) is 0 Å². The van der Waals surface area contributed by atoms with Gasteiger partial charge in [0.2, 0.25) is 0 Å². The van der Waals surface area contributed by atoms with Gasteiger partial charge in [-0.15, -0.1) is 0 Å². The molecule has 1 atom stereocenters. The Labute approximate surface area is 117 Å². The minimum atomic E-state index is 0.0548. The van der Waals surface area contributed by atoms with Crippen LogP contribution in [-0.4, -0.2) is 37.7 Å². The first-order valence-corrected chi connectivity index (χ1v) is 7.01. The maximum atomic E-state index is 6.39. The van der Waals surface area contributed by atoms with Crippen LogP contribution in [0.3, 0.4) is 0 Å². The molecule has 0 aromatic heterocycles. The Balaban J connectivity index is 2.75. The van der Waals surface area contributed by atoms with Crippen LogP contribution in [0.1, 0.15) is 36.6 Å². The Morgan fingerprint density at radius 1 is 1.26 bits per heavy atom. The third-order valence-corrected chi connectivity index (χ3v) is 3.58. The number of hydrogen-bond donors (Lipinski definition) is 1. The number of nitrogens with two attached hydrogens (primary N) is 1. The van der Waals surface area contributed by atoms with Gasteiger partial charge < -0.3 is 10.5 Å². The van der Waals surface area contributed by atoms with Gasteiger partial charge >= 0.3 is 0 Å². The second-order valence-corrected chi connectivity index (χ2v) is 5.55. The molecule has 0 heterocycles. The summed E-state index contributed by atoms with van der Waals surface area (Å²) in [6.07, 6.45) is 0. The average Bonchev–Trinajstić information content (AvgIpc) is 2.36. The maximum Gasteiger partial charge on any atom is 0.0589 e. The number of hydrogen-bond acceptors (Lipinski definition) is 3. The zero-order chi connectivity index (χ0) is 14.4. The third-order valence-electron chi connectivity index (χ3n) is 3.58. The molecule has 0 spiro atoms. The van der Waals surface area contributed by atoms with Gasteiger partial charge in [0.25, 0.3) is 0 Å². The highest BCUT2D eigenvalue weighted by molar-refractivity contribution is 5.33. The van der Waals surface area contributed by atoms with E-state index in [0.717, 1.165) is 19.7 Å². The van der Waals surface area contributed by atoms with Crippen LogP contribution in [0, 0.1) is 13.8 Å². The van der Waals surface area contributed by atoms with Gasteiger partial charge in [-0.25, -0.2) is 0 Å². The van der Waals surface area contributed by atoms with Crippen molar-refractivity contribution < 1.29 is 4.74 Å². The molecule has 3 heteroatoms. The molecule has 1 unspecified atom stereocenters. The summed E-state index contributed by atoms with van der Waals surface area (Å²) >= 11 is 0. The fourth-order valence-corrected chi connectivity index (χ4v) is 2.28. The molecule has 1 aromatic carbocycles. The third kappa shape index (κ3) is 4.94. The summed E-state index contributed by atoms with van der Waals surface area (Å²) in [5, 5.41) is 0. The summed E-state index contributed by atoms with van der Waals surface area (Å²) in [7, 11) is 1.74. The quantitative estimate of drug-likeness (QED) is 0.823. The fraction of sp³-hybridized carbons (Fsp3) is 0.625. The summed E-state index contributed by atoms with van der Waals surface area (Å²) in [5.41, 5.74) is 10.2. The predicted octanol–water partition coefficient (Wildman–Crippen LogP) is 2.66. The van der Waals surface area contributed by atoms with E-state index >= 15 is 0 Å². The first kappa shape index (κ1) is 16.2. The molecule has 2 N–H and O–H groups in total. The molecule has 0 fully saturated rings. The van der Waals surface area contributed by atoms with Crippen LogP contribution in [0.4, 0.5) is 0 Å². The van der Waals surface area contributed by atoms with Crippen molar-refractivity contribution in [1.29, 1.82) is 0 Å². The largest absolute Gasteiger partial charge is 0.383 e. The zero-order valence-electron chi connectivity index (χ0n) is 12.9. The van der Waals surface area contributed by atoms with Crippen LogP contribution in [0.25, 0.3) is 0 Å². The average molecular weight is 264 g/mol. The van der Waals surface area contributed by atoms with Crippen LogP contribution in [-0.2, 0) is 4.74 Å². The van der Waals surface area contributed by atoms with Crippen molar-refractivity contribution in [1.82, 2.24) is 4.90 Å². The summed E-state index contributed by atoms with van der Waals surface area (Å²) in [6, 6.07) is 7.02. The molecule has 0 aliphatic carbocycles. The highest BCUT2D eigenvalue weighted by Gasteiger charge is 2.16. The van der Waals surface area contributed by atoms with E-state index in [1.807, 2.05) is 0 Å². The second-order valence-electron chi connectivity index (χ2n) is 5.55. The summed E-state index contributed by atoms with van der Waals surface area (Å²) < 4.78 is 5.17. The highest BCUT2D eigenvalue weighted by atomic mass is 16.5. The fourth-order valence-electron chi connectivity index (χ4n) is 2.28. The topological polar surface area (TPSA) is 38.5 Å². The normalized spacial score (nSPS) is 13.3. The number of ether oxygens (including phenoxy) is 1. The number of aryl methyl sites for hydroxylation is 2. The van der Waals surface area contributed by atoms with Crippen LogP contribution < -0.4 is 5.73 Å². The lowest BCUT2D eigenvalue weighted by Gasteiger charge is -2.29. The molecule has 0 radical (unpaired) electrons. The van der Waals surface area contributed by atoms with Gasteiger partial charge in [-0.1, -0.05) is 23.8 Å². The standard InChI is InChI=1S/C16H28N2O/c1-12(2)18(8-9-19-5)11-16(17)15-10-13(3)6-7-14(15)4/h6-7,10,12,16H,8-9,11,17H2,1-5H3. The highest BCUT2D eigenvalue weighted by Crippen LogP contribution is 2.19. The Morgan fingerprint density at radius 3 is 2.53 bits per heavy atom. The van der Waals surface area contributed by atoms with Crippen molar-refractivity contribution >= 4 is 0 Å². The lowest BCUT2D eigenvalue weighted by Crippen LogP contribution is -2.39. The van der Waals surface area contributed by atoms with Gasteiger partial charge in [0.05, 0.1) is 6.61 Å². The lowest BCUT2D eigenvalue weighted by molar-refractivity contribution is 0.125. The minimum absolute atomic E-state index is 0.0548. The van der Waals surface area contributed by atoms with Crippen LogP contribution >= 0.6 is 0 Å². The summed E-state index contributed by atoms with van der Waals surface area (Å²) in [6.45, 7) is 11.2. The molecule has 19 heavy (non-hydrogen) atoms. The van der Waals surface area contributed by atoms with Gasteiger partial charge in [0, 0.05) is 32.3 Å².